The molecule has 0 fully saturated rings. The van der Waals surface area contributed by atoms with E-state index in [1.165, 1.54) is 44.9 Å². The number of hydrogen-bond acceptors (Lipinski definition) is 9. The van der Waals surface area contributed by atoms with Gasteiger partial charge in [0.05, 0.1) is 26.5 Å². The Morgan fingerprint density at radius 3 is 2.15 bits per heavy atom. The van der Waals surface area contributed by atoms with Gasteiger partial charge in [-0.25, -0.2) is 4.98 Å². The average molecular weight is 718 g/mol. The summed E-state index contributed by atoms with van der Waals surface area (Å²) >= 11 is 0. The molecule has 0 unspecified atom stereocenters. The normalized spacial score (nSPS) is 13.9. The number of hydrogen-bond donors (Lipinski definition) is 4. The topological polar surface area (TPSA) is 163 Å². The van der Waals surface area contributed by atoms with Crippen molar-refractivity contribution in [3.05, 3.63) is 132 Å². The molecule has 2 heterocycles. The zero-order valence-corrected chi connectivity index (χ0v) is 29.9. The first-order valence-corrected chi connectivity index (χ1v) is 17.0. The van der Waals surface area contributed by atoms with Crippen LogP contribution in [0.1, 0.15) is 47.4 Å². The summed E-state index contributed by atoms with van der Waals surface area (Å²) < 4.78 is 23.3. The highest BCUT2D eigenvalue weighted by Gasteiger charge is 2.52. The average Bonchev–Trinajstić information content (AvgIpc) is 3.17. The van der Waals surface area contributed by atoms with E-state index in [9.17, 15) is 19.8 Å². The third kappa shape index (κ3) is 10.8. The highest BCUT2D eigenvalue weighted by molar-refractivity contribution is 6.46. The fourth-order valence-electron chi connectivity index (χ4n) is 5.53. The molecule has 13 heteroatoms. The first-order valence-electron chi connectivity index (χ1n) is 17.0. The molecular formula is C40H42BN4O8+. The van der Waals surface area contributed by atoms with Gasteiger partial charge in [-0.15, -0.1) is 0 Å². The quantitative estimate of drug-likeness (QED) is 0.0731. The van der Waals surface area contributed by atoms with Crippen LogP contribution in [-0.4, -0.2) is 71.1 Å². The third-order valence-corrected chi connectivity index (χ3v) is 8.16. The van der Waals surface area contributed by atoms with E-state index in [0.717, 1.165) is 16.7 Å². The molecule has 0 radical (unpaired) electrons. The molecule has 272 valence electrons. The number of rotatable bonds is 15. The van der Waals surface area contributed by atoms with E-state index in [1.807, 2.05) is 44.2 Å². The van der Waals surface area contributed by atoms with Crippen LogP contribution in [0.3, 0.4) is 0 Å². The monoisotopic (exact) mass is 717 g/mol. The molecule has 1 aliphatic rings. The van der Waals surface area contributed by atoms with Crippen molar-refractivity contribution in [3.63, 3.8) is 0 Å². The van der Waals surface area contributed by atoms with Crippen LogP contribution in [0.15, 0.2) is 109 Å². The molecule has 0 saturated carbocycles. The molecular weight excluding hydrogens is 675 g/mol. The first kappa shape index (κ1) is 37.9. The summed E-state index contributed by atoms with van der Waals surface area (Å²) in [6, 6.07) is 18.4. The molecule has 4 N–H and O–H groups in total. The van der Waals surface area contributed by atoms with Gasteiger partial charge in [0.25, 0.3) is 5.91 Å². The molecule has 0 aliphatic carbocycles. The summed E-state index contributed by atoms with van der Waals surface area (Å²) in [5.41, 5.74) is 2.43. The number of nitrogens with one attached hydrogen (secondary N) is 2. The van der Waals surface area contributed by atoms with Crippen LogP contribution in [0.25, 0.3) is 12.2 Å². The Kier molecular flexibility index (Phi) is 13.0. The minimum atomic E-state index is -0.970. The fraction of sp³-hybridized carbons (Fsp3) is 0.225. The molecule has 2 amide bonds. The number of phenolic OH excluding ortho intramolecular Hbond substituents is 2. The zero-order chi connectivity index (χ0) is 37.7. The van der Waals surface area contributed by atoms with E-state index in [-0.39, 0.29) is 29.5 Å². The van der Waals surface area contributed by atoms with Crippen molar-refractivity contribution in [1.82, 2.24) is 20.6 Å². The summed E-state index contributed by atoms with van der Waals surface area (Å²) in [4.78, 5) is 35.4. The van der Waals surface area contributed by atoms with Crippen molar-refractivity contribution in [1.29, 1.82) is 0 Å². The predicted octanol–water partition coefficient (Wildman–Crippen LogP) is 5.25. The lowest BCUT2D eigenvalue weighted by molar-refractivity contribution is -0.319. The third-order valence-electron chi connectivity index (χ3n) is 8.16. The number of phenols is 2. The number of carbonyl (C=O) groups is 2. The smallest absolute Gasteiger partial charge is 0.504 e. The predicted molar refractivity (Wildman–Crippen MR) is 202 cm³/mol. The molecule has 3 aromatic carbocycles. The van der Waals surface area contributed by atoms with Crippen LogP contribution in [0.4, 0.5) is 0 Å². The molecule has 4 aromatic rings. The van der Waals surface area contributed by atoms with Gasteiger partial charge in [0.1, 0.15) is 17.5 Å². The molecule has 0 bridgehead atoms. The largest absolute Gasteiger partial charge is 0.929 e. The molecule has 2 atom stereocenters. The second-order valence-electron chi connectivity index (χ2n) is 12.6. The second-order valence-corrected chi connectivity index (χ2v) is 12.6. The van der Waals surface area contributed by atoms with E-state index in [2.05, 4.69) is 20.6 Å². The SMILES string of the molecule is COc1cc(C=CC2=CC(/C=C/c3ccc(O)c(OC)c3)=[O+]B([C@H](CC(C)C)NC(=O)[C@H](Cc3ccccc3)NC(=O)c3cnccn3)O2)ccc1O. The molecule has 1 aromatic heterocycles. The Morgan fingerprint density at radius 2 is 1.55 bits per heavy atom. The van der Waals surface area contributed by atoms with E-state index in [4.69, 9.17) is 18.5 Å². The van der Waals surface area contributed by atoms with Gasteiger partial charge < -0.3 is 39.3 Å². The van der Waals surface area contributed by atoms with Gasteiger partial charge in [0.15, 0.2) is 28.9 Å². The standard InChI is InChI=1S/C40H41BN4O8/c1-26(2)20-38(45-39(48)32(21-27-8-6-5-7-9-27)44-40(49)33-25-42-18-19-43-33)41-52-30(14-10-28-12-16-34(46)36(22-28)50-3)24-31(53-41)15-11-29-13-17-35(47)37(23-29)51-4/h5-19,22-26,32,38H,20-21H2,1-4H3,(H3-,44,45,46,47,48,49)/p+1/b14-10+,15-11?/t32-,38-/m0/s1. The maximum Gasteiger partial charge on any atom is 0.929 e. The summed E-state index contributed by atoms with van der Waals surface area (Å²) in [5.74, 6) is 0.0568. The summed E-state index contributed by atoms with van der Waals surface area (Å²) in [7, 11) is 1.98. The Hall–Kier alpha value is -6.37. The van der Waals surface area contributed by atoms with Crippen molar-refractivity contribution < 1.29 is 38.3 Å². The number of aromatic hydroxyl groups is 2. The van der Waals surface area contributed by atoms with Crippen molar-refractivity contribution >= 4 is 36.9 Å². The maximum atomic E-state index is 14.1. The van der Waals surface area contributed by atoms with Crippen molar-refractivity contribution in [2.45, 2.75) is 38.7 Å². The highest BCUT2D eigenvalue weighted by atomic mass is 16.6. The number of aromatic nitrogens is 2. The number of carbonyl (C=O) groups excluding carboxylic acids is 3. The van der Waals surface area contributed by atoms with Crippen molar-refractivity contribution in [2.24, 2.45) is 5.92 Å². The minimum Gasteiger partial charge on any atom is -0.504 e. The minimum absolute atomic E-state index is 0.0172. The van der Waals surface area contributed by atoms with Gasteiger partial charge in [-0.3, -0.25) is 14.6 Å². The van der Waals surface area contributed by atoms with Crippen LogP contribution >= 0.6 is 0 Å². The lowest BCUT2D eigenvalue weighted by atomic mass is 9.73. The van der Waals surface area contributed by atoms with E-state index >= 15 is 0 Å². The molecule has 0 saturated heterocycles. The Bertz CT molecular complexity index is 2000. The number of allylic oxidation sites excluding steroid dienone is 3. The van der Waals surface area contributed by atoms with E-state index < -0.39 is 30.9 Å². The van der Waals surface area contributed by atoms with Gasteiger partial charge in [-0.1, -0.05) is 62.4 Å². The maximum absolute atomic E-state index is 14.1. The molecule has 12 nitrogen and oxygen atoms in total. The fourth-order valence-corrected chi connectivity index (χ4v) is 5.53. The van der Waals surface area contributed by atoms with Gasteiger partial charge >= 0.3 is 12.9 Å². The lowest BCUT2D eigenvalue weighted by Gasteiger charge is -2.23. The lowest BCUT2D eigenvalue weighted by Crippen LogP contribution is -2.56. The molecule has 5 rings (SSSR count). The van der Waals surface area contributed by atoms with Gasteiger partial charge in [-0.2, -0.15) is 0 Å². The Balaban J connectivity index is 1.46. The number of ether oxygens (including phenoxy) is 2. The van der Waals surface area contributed by atoms with Crippen LogP contribution < -0.4 is 20.1 Å². The van der Waals surface area contributed by atoms with Gasteiger partial charge in [-0.05, 0) is 65.4 Å². The van der Waals surface area contributed by atoms with Crippen LogP contribution in [0.5, 0.6) is 23.0 Å². The zero-order valence-electron chi connectivity index (χ0n) is 29.9. The number of ketones is 1. The number of benzene rings is 3. The number of nitrogens with zero attached hydrogens (tertiary/aromatic N) is 2. The summed E-state index contributed by atoms with van der Waals surface area (Å²) in [5, 5.41) is 26.1. The molecule has 53 heavy (non-hydrogen) atoms. The van der Waals surface area contributed by atoms with Crippen molar-refractivity contribution in [2.75, 3.05) is 14.2 Å². The van der Waals surface area contributed by atoms with Crippen LogP contribution in [0.2, 0.25) is 0 Å². The van der Waals surface area contributed by atoms with Gasteiger partial charge in [0.2, 0.25) is 5.91 Å². The van der Waals surface area contributed by atoms with Crippen LogP contribution in [0, 0.1) is 5.92 Å². The van der Waals surface area contributed by atoms with E-state index in [0.29, 0.717) is 29.5 Å². The second kappa shape index (κ2) is 18.2. The highest BCUT2D eigenvalue weighted by Crippen LogP contribution is 2.28. The van der Waals surface area contributed by atoms with Crippen molar-refractivity contribution in [3.8, 4) is 23.0 Å². The van der Waals surface area contributed by atoms with Gasteiger partial charge in [0, 0.05) is 24.9 Å². The molecule has 0 spiro atoms. The summed E-state index contributed by atoms with van der Waals surface area (Å²) in [6.07, 6.45) is 13.7. The first-order chi connectivity index (χ1) is 25.6. The molecule has 1 aliphatic heterocycles. The summed E-state index contributed by atoms with van der Waals surface area (Å²) in [6.45, 7) is 4.05. The number of amides is 2. The number of methoxy groups -OCH3 is 2. The Labute approximate surface area is 308 Å². The van der Waals surface area contributed by atoms with E-state index in [1.54, 1.807) is 54.6 Å². The Morgan fingerprint density at radius 1 is 0.887 bits per heavy atom. The van der Waals surface area contributed by atoms with Crippen LogP contribution in [-0.2, 0) is 20.2 Å².